The highest BCUT2D eigenvalue weighted by atomic mass is 16.1. The second-order valence-corrected chi connectivity index (χ2v) is 6.77. The summed E-state index contributed by atoms with van der Waals surface area (Å²) in [6.45, 7) is 4.82. The molecule has 1 amide bonds. The minimum absolute atomic E-state index is 0.0776. The van der Waals surface area contributed by atoms with Crippen LogP contribution in [0.25, 0.3) is 22.1 Å². The Balaban J connectivity index is 1.40. The van der Waals surface area contributed by atoms with Crippen molar-refractivity contribution in [2.75, 3.05) is 6.54 Å². The van der Waals surface area contributed by atoms with Gasteiger partial charge in [0.25, 0.3) is 5.91 Å². The molecule has 0 aliphatic carbocycles. The van der Waals surface area contributed by atoms with Gasteiger partial charge in [-0.25, -0.2) is 9.97 Å². The van der Waals surface area contributed by atoms with Crippen LogP contribution in [-0.2, 0) is 6.42 Å². The third-order valence-electron chi connectivity index (χ3n) is 4.49. The fourth-order valence-corrected chi connectivity index (χ4v) is 3.00. The summed E-state index contributed by atoms with van der Waals surface area (Å²) in [5.74, 6) is 1.29. The molecule has 0 saturated carbocycles. The van der Waals surface area contributed by atoms with E-state index in [4.69, 9.17) is 0 Å². The van der Waals surface area contributed by atoms with Crippen molar-refractivity contribution in [3.8, 4) is 0 Å². The quantitative estimate of drug-likeness (QED) is 0.516. The van der Waals surface area contributed by atoms with E-state index in [-0.39, 0.29) is 5.91 Å². The molecule has 0 aliphatic rings. The van der Waals surface area contributed by atoms with E-state index in [0.29, 0.717) is 18.0 Å². The first-order chi connectivity index (χ1) is 12.6. The summed E-state index contributed by atoms with van der Waals surface area (Å²) in [5.41, 5.74) is 5.54. The zero-order valence-corrected chi connectivity index (χ0v) is 14.8. The minimum atomic E-state index is -0.0776. The Hall–Kier alpha value is -3.15. The molecule has 0 fully saturated rings. The van der Waals surface area contributed by atoms with Gasteiger partial charge < -0.3 is 15.3 Å². The molecule has 132 valence electrons. The Morgan fingerprint density at radius 1 is 1.12 bits per heavy atom. The molecule has 6 heteroatoms. The largest absolute Gasteiger partial charge is 0.352 e. The second kappa shape index (κ2) is 6.63. The number of aromatic amines is 2. The number of carbonyl (C=O) groups excluding carboxylic acids is 1. The number of amides is 1. The van der Waals surface area contributed by atoms with Crippen molar-refractivity contribution in [3.05, 3.63) is 59.7 Å². The molecule has 4 aromatic rings. The molecule has 0 aliphatic heterocycles. The van der Waals surface area contributed by atoms with Gasteiger partial charge in [0.1, 0.15) is 5.82 Å². The fourth-order valence-electron chi connectivity index (χ4n) is 3.00. The number of carbonyl (C=O) groups is 1. The van der Waals surface area contributed by atoms with Gasteiger partial charge in [-0.2, -0.15) is 0 Å². The van der Waals surface area contributed by atoms with E-state index < -0.39 is 0 Å². The van der Waals surface area contributed by atoms with E-state index in [1.807, 2.05) is 18.2 Å². The number of benzene rings is 2. The van der Waals surface area contributed by atoms with Crippen LogP contribution in [0.5, 0.6) is 0 Å². The SMILES string of the molecule is CC(C)c1nc2ccc(CCNC(=O)c3ccc4nc[nH]c4c3)cc2[nH]1. The molecule has 2 aromatic carbocycles. The lowest BCUT2D eigenvalue weighted by molar-refractivity contribution is 0.0954. The summed E-state index contributed by atoms with van der Waals surface area (Å²) in [5, 5.41) is 2.98. The molecule has 0 atom stereocenters. The Kier molecular flexibility index (Phi) is 4.16. The first kappa shape index (κ1) is 16.3. The summed E-state index contributed by atoms with van der Waals surface area (Å²) in [4.78, 5) is 27.5. The number of H-pyrrole nitrogens is 2. The van der Waals surface area contributed by atoms with Crippen LogP contribution >= 0.6 is 0 Å². The van der Waals surface area contributed by atoms with Crippen molar-refractivity contribution in [2.24, 2.45) is 0 Å². The Labute approximate surface area is 151 Å². The molecular formula is C20H21N5O. The first-order valence-electron chi connectivity index (χ1n) is 8.80. The predicted octanol–water partition coefficient (Wildman–Crippen LogP) is 3.54. The Morgan fingerprint density at radius 3 is 2.81 bits per heavy atom. The molecule has 0 unspecified atom stereocenters. The number of hydrogen-bond donors (Lipinski definition) is 3. The van der Waals surface area contributed by atoms with Crippen LogP contribution in [-0.4, -0.2) is 32.4 Å². The van der Waals surface area contributed by atoms with Gasteiger partial charge in [-0.1, -0.05) is 19.9 Å². The number of rotatable bonds is 5. The molecule has 0 saturated heterocycles. The van der Waals surface area contributed by atoms with Gasteiger partial charge in [0.05, 0.1) is 28.4 Å². The maximum Gasteiger partial charge on any atom is 0.251 e. The lowest BCUT2D eigenvalue weighted by atomic mass is 10.1. The van der Waals surface area contributed by atoms with Crippen molar-refractivity contribution >= 4 is 28.0 Å². The molecule has 26 heavy (non-hydrogen) atoms. The fraction of sp³-hybridized carbons (Fsp3) is 0.250. The third-order valence-corrected chi connectivity index (χ3v) is 4.49. The van der Waals surface area contributed by atoms with Crippen LogP contribution in [0.2, 0.25) is 0 Å². The van der Waals surface area contributed by atoms with Gasteiger partial charge in [0, 0.05) is 18.0 Å². The summed E-state index contributed by atoms with van der Waals surface area (Å²) < 4.78 is 0. The Morgan fingerprint density at radius 2 is 1.96 bits per heavy atom. The van der Waals surface area contributed by atoms with Gasteiger partial charge in [-0.3, -0.25) is 4.79 Å². The van der Waals surface area contributed by atoms with Crippen LogP contribution in [0.3, 0.4) is 0 Å². The molecule has 4 rings (SSSR count). The van der Waals surface area contributed by atoms with Crippen molar-refractivity contribution in [3.63, 3.8) is 0 Å². The van der Waals surface area contributed by atoms with E-state index in [1.54, 1.807) is 12.4 Å². The first-order valence-corrected chi connectivity index (χ1v) is 8.80. The van der Waals surface area contributed by atoms with Crippen LogP contribution in [0, 0.1) is 0 Å². The van der Waals surface area contributed by atoms with Crippen molar-refractivity contribution in [1.29, 1.82) is 0 Å². The number of imidazole rings is 2. The van der Waals surface area contributed by atoms with E-state index in [2.05, 4.69) is 51.2 Å². The minimum Gasteiger partial charge on any atom is -0.352 e. The molecule has 2 aromatic heterocycles. The highest BCUT2D eigenvalue weighted by molar-refractivity contribution is 5.97. The number of aromatic nitrogens is 4. The Bertz CT molecular complexity index is 1080. The third kappa shape index (κ3) is 3.18. The van der Waals surface area contributed by atoms with E-state index >= 15 is 0 Å². The summed E-state index contributed by atoms with van der Waals surface area (Å²) in [7, 11) is 0. The predicted molar refractivity (Wildman–Crippen MR) is 102 cm³/mol. The molecule has 3 N–H and O–H groups in total. The number of hydrogen-bond acceptors (Lipinski definition) is 3. The summed E-state index contributed by atoms with van der Waals surface area (Å²) in [6, 6.07) is 11.7. The molecule has 0 spiro atoms. The van der Waals surface area contributed by atoms with Crippen LogP contribution < -0.4 is 5.32 Å². The van der Waals surface area contributed by atoms with Crippen molar-refractivity contribution in [2.45, 2.75) is 26.2 Å². The zero-order chi connectivity index (χ0) is 18.1. The number of fused-ring (bicyclic) bond motifs is 2. The van der Waals surface area contributed by atoms with E-state index in [1.165, 1.54) is 5.56 Å². The average molecular weight is 347 g/mol. The molecule has 0 radical (unpaired) electrons. The van der Waals surface area contributed by atoms with Gasteiger partial charge in [0.15, 0.2) is 0 Å². The second-order valence-electron chi connectivity index (χ2n) is 6.77. The topological polar surface area (TPSA) is 86.5 Å². The van der Waals surface area contributed by atoms with Crippen molar-refractivity contribution in [1.82, 2.24) is 25.3 Å². The highest BCUT2D eigenvalue weighted by Crippen LogP contribution is 2.18. The van der Waals surface area contributed by atoms with Crippen LogP contribution in [0.1, 0.15) is 41.5 Å². The molecule has 0 bridgehead atoms. The van der Waals surface area contributed by atoms with Gasteiger partial charge in [-0.05, 0) is 42.3 Å². The van der Waals surface area contributed by atoms with E-state index in [0.717, 1.165) is 34.3 Å². The van der Waals surface area contributed by atoms with Gasteiger partial charge in [-0.15, -0.1) is 0 Å². The van der Waals surface area contributed by atoms with Gasteiger partial charge >= 0.3 is 0 Å². The van der Waals surface area contributed by atoms with Crippen LogP contribution in [0.15, 0.2) is 42.7 Å². The normalized spacial score (nSPS) is 11.5. The standard InChI is InChI=1S/C20H21N5O/c1-12(2)19-24-16-5-3-13(9-18(16)25-19)7-8-21-20(26)14-4-6-15-17(10-14)23-11-22-15/h3-6,9-12H,7-8H2,1-2H3,(H,21,26)(H,22,23)(H,24,25). The lowest BCUT2D eigenvalue weighted by Crippen LogP contribution is -2.25. The monoisotopic (exact) mass is 347 g/mol. The smallest absolute Gasteiger partial charge is 0.251 e. The maximum absolute atomic E-state index is 12.3. The lowest BCUT2D eigenvalue weighted by Gasteiger charge is -2.06. The summed E-state index contributed by atoms with van der Waals surface area (Å²) in [6.07, 6.45) is 2.40. The van der Waals surface area contributed by atoms with E-state index in [9.17, 15) is 4.79 Å². The molecular weight excluding hydrogens is 326 g/mol. The summed E-state index contributed by atoms with van der Waals surface area (Å²) >= 11 is 0. The average Bonchev–Trinajstić information content (AvgIpc) is 3.27. The van der Waals surface area contributed by atoms with Crippen LogP contribution in [0.4, 0.5) is 0 Å². The maximum atomic E-state index is 12.3. The van der Waals surface area contributed by atoms with Gasteiger partial charge in [0.2, 0.25) is 0 Å². The highest BCUT2D eigenvalue weighted by Gasteiger charge is 2.09. The number of nitrogens with zero attached hydrogens (tertiary/aromatic N) is 2. The molecule has 6 nitrogen and oxygen atoms in total. The van der Waals surface area contributed by atoms with Crippen molar-refractivity contribution < 1.29 is 4.79 Å². The zero-order valence-electron chi connectivity index (χ0n) is 14.8. The number of nitrogens with one attached hydrogen (secondary N) is 3. The molecule has 2 heterocycles.